The van der Waals surface area contributed by atoms with Gasteiger partial charge in [0.05, 0.1) is 5.92 Å². The van der Waals surface area contributed by atoms with Crippen LogP contribution in [0.3, 0.4) is 0 Å². The van der Waals surface area contributed by atoms with E-state index in [4.69, 9.17) is 10.8 Å². The van der Waals surface area contributed by atoms with Gasteiger partial charge in [0.25, 0.3) is 0 Å². The van der Waals surface area contributed by atoms with Crippen LogP contribution in [0.5, 0.6) is 0 Å². The minimum Gasteiger partial charge on any atom is -0.481 e. The van der Waals surface area contributed by atoms with Gasteiger partial charge >= 0.3 is 5.97 Å². The number of hydrogen-bond acceptors (Lipinski definition) is 3. The van der Waals surface area contributed by atoms with Crippen molar-refractivity contribution in [1.82, 2.24) is 4.90 Å². The second kappa shape index (κ2) is 4.88. The maximum Gasteiger partial charge on any atom is 0.308 e. The molecule has 1 saturated carbocycles. The van der Waals surface area contributed by atoms with Crippen LogP contribution in [0, 0.1) is 11.8 Å². The molecule has 0 aromatic carbocycles. The first-order valence-corrected chi connectivity index (χ1v) is 6.71. The van der Waals surface area contributed by atoms with Gasteiger partial charge in [-0.2, -0.15) is 0 Å². The summed E-state index contributed by atoms with van der Waals surface area (Å²) < 4.78 is 0. The van der Waals surface area contributed by atoms with Gasteiger partial charge in [0.15, 0.2) is 0 Å². The molecule has 102 valence electrons. The van der Waals surface area contributed by atoms with Crippen LogP contribution >= 0.6 is 0 Å². The Morgan fingerprint density at radius 3 is 2.44 bits per heavy atom. The lowest BCUT2D eigenvalue weighted by molar-refractivity contribution is -0.142. The van der Waals surface area contributed by atoms with Gasteiger partial charge in [-0.15, -0.1) is 0 Å². The number of aliphatic carboxylic acids is 1. The lowest BCUT2D eigenvalue weighted by Crippen LogP contribution is -2.43. The van der Waals surface area contributed by atoms with Gasteiger partial charge in [-0.05, 0) is 18.8 Å². The largest absolute Gasteiger partial charge is 0.481 e. The molecule has 1 saturated heterocycles. The number of carbonyl (C=O) groups excluding carboxylic acids is 1. The van der Waals surface area contributed by atoms with E-state index < -0.39 is 11.9 Å². The van der Waals surface area contributed by atoms with Crippen molar-refractivity contribution in [1.29, 1.82) is 0 Å². The van der Waals surface area contributed by atoms with Crippen molar-refractivity contribution in [3.63, 3.8) is 0 Å². The van der Waals surface area contributed by atoms with E-state index >= 15 is 0 Å². The number of carboxylic acid groups (broad SMARTS) is 1. The van der Waals surface area contributed by atoms with E-state index in [1.165, 1.54) is 0 Å². The predicted octanol–water partition coefficient (Wildman–Crippen LogP) is 0.827. The topological polar surface area (TPSA) is 83.6 Å². The van der Waals surface area contributed by atoms with Gasteiger partial charge in [-0.1, -0.05) is 19.8 Å². The fourth-order valence-electron chi connectivity index (χ4n) is 3.16. The van der Waals surface area contributed by atoms with Crippen molar-refractivity contribution in [2.45, 2.75) is 44.6 Å². The minimum atomic E-state index is -0.805. The number of likely N-dealkylation sites (tertiary alicyclic amines) is 1. The number of carboxylic acids is 1. The van der Waals surface area contributed by atoms with E-state index in [0.29, 0.717) is 19.5 Å². The zero-order valence-corrected chi connectivity index (χ0v) is 10.9. The molecule has 5 nitrogen and oxygen atoms in total. The number of nitrogens with zero attached hydrogens (tertiary/aromatic N) is 1. The number of nitrogens with two attached hydrogens (primary N) is 1. The summed E-state index contributed by atoms with van der Waals surface area (Å²) in [6.07, 6.45) is 4.37. The molecule has 0 aromatic heterocycles. The monoisotopic (exact) mass is 254 g/mol. The predicted molar refractivity (Wildman–Crippen MR) is 66.9 cm³/mol. The molecule has 0 radical (unpaired) electrons. The van der Waals surface area contributed by atoms with Crippen LogP contribution in [0.2, 0.25) is 0 Å². The lowest BCUT2D eigenvalue weighted by atomic mass is 9.94. The lowest BCUT2D eigenvalue weighted by Gasteiger charge is -2.26. The van der Waals surface area contributed by atoms with E-state index in [1.807, 2.05) is 6.92 Å². The normalized spacial score (nSPS) is 30.7. The summed E-state index contributed by atoms with van der Waals surface area (Å²) in [5.74, 6) is -1.17. The highest BCUT2D eigenvalue weighted by atomic mass is 16.4. The van der Waals surface area contributed by atoms with Crippen molar-refractivity contribution < 1.29 is 14.7 Å². The summed E-state index contributed by atoms with van der Waals surface area (Å²) in [6.45, 7) is 2.77. The SMILES string of the molecule is CC1CN(C(=O)CC2(N)CCCC2)CC1C(=O)O. The van der Waals surface area contributed by atoms with Crippen molar-refractivity contribution in [3.05, 3.63) is 0 Å². The minimum absolute atomic E-state index is 0.0231. The van der Waals surface area contributed by atoms with Crippen LogP contribution in [-0.4, -0.2) is 40.5 Å². The first kappa shape index (κ1) is 13.3. The average Bonchev–Trinajstić information content (AvgIpc) is 2.85. The summed E-state index contributed by atoms with van der Waals surface area (Å²) in [5, 5.41) is 9.06. The van der Waals surface area contributed by atoms with Crippen molar-refractivity contribution in [2.75, 3.05) is 13.1 Å². The quantitative estimate of drug-likeness (QED) is 0.781. The summed E-state index contributed by atoms with van der Waals surface area (Å²) >= 11 is 0. The average molecular weight is 254 g/mol. The molecule has 2 atom stereocenters. The van der Waals surface area contributed by atoms with Gasteiger partial charge < -0.3 is 15.7 Å². The third-order valence-electron chi connectivity index (χ3n) is 4.38. The first-order chi connectivity index (χ1) is 8.41. The van der Waals surface area contributed by atoms with Crippen LogP contribution in [-0.2, 0) is 9.59 Å². The molecule has 1 amide bonds. The van der Waals surface area contributed by atoms with Gasteiger partial charge in [0, 0.05) is 25.0 Å². The van der Waals surface area contributed by atoms with E-state index in [9.17, 15) is 9.59 Å². The molecule has 1 aliphatic heterocycles. The number of hydrogen-bond donors (Lipinski definition) is 2. The zero-order chi connectivity index (χ0) is 13.3. The van der Waals surface area contributed by atoms with Crippen molar-refractivity contribution >= 4 is 11.9 Å². The zero-order valence-electron chi connectivity index (χ0n) is 10.9. The molecule has 5 heteroatoms. The fraction of sp³-hybridized carbons (Fsp3) is 0.846. The maximum absolute atomic E-state index is 12.2. The van der Waals surface area contributed by atoms with Gasteiger partial charge in [-0.3, -0.25) is 9.59 Å². The summed E-state index contributed by atoms with van der Waals surface area (Å²) in [4.78, 5) is 24.9. The van der Waals surface area contributed by atoms with Gasteiger partial charge in [0.1, 0.15) is 0 Å². The molecule has 2 aliphatic rings. The van der Waals surface area contributed by atoms with E-state index in [0.717, 1.165) is 25.7 Å². The highest BCUT2D eigenvalue weighted by Gasteiger charge is 2.39. The van der Waals surface area contributed by atoms with E-state index in [-0.39, 0.29) is 17.4 Å². The summed E-state index contributed by atoms with van der Waals surface area (Å²) in [5.41, 5.74) is 5.85. The summed E-state index contributed by atoms with van der Waals surface area (Å²) in [7, 11) is 0. The van der Waals surface area contributed by atoms with E-state index in [2.05, 4.69) is 0 Å². The Morgan fingerprint density at radius 2 is 1.94 bits per heavy atom. The second-order valence-corrected chi connectivity index (χ2v) is 5.97. The fourth-order valence-corrected chi connectivity index (χ4v) is 3.16. The van der Waals surface area contributed by atoms with Crippen LogP contribution in [0.1, 0.15) is 39.0 Å². The molecule has 18 heavy (non-hydrogen) atoms. The molecule has 2 unspecified atom stereocenters. The van der Waals surface area contributed by atoms with E-state index in [1.54, 1.807) is 4.90 Å². The van der Waals surface area contributed by atoms with Gasteiger partial charge in [-0.25, -0.2) is 0 Å². The van der Waals surface area contributed by atoms with Gasteiger partial charge in [0.2, 0.25) is 5.91 Å². The Morgan fingerprint density at radius 1 is 1.33 bits per heavy atom. The molecule has 0 bridgehead atoms. The number of rotatable bonds is 3. The Hall–Kier alpha value is -1.10. The first-order valence-electron chi connectivity index (χ1n) is 6.71. The smallest absolute Gasteiger partial charge is 0.308 e. The Balaban J connectivity index is 1.93. The molecule has 0 aromatic rings. The molecule has 2 fully saturated rings. The number of carbonyl (C=O) groups is 2. The Bertz CT molecular complexity index is 350. The second-order valence-electron chi connectivity index (χ2n) is 5.97. The molecular formula is C13H22N2O3. The highest BCUT2D eigenvalue weighted by Crippen LogP contribution is 2.32. The Labute approximate surface area is 107 Å². The third-order valence-corrected chi connectivity index (χ3v) is 4.38. The molecule has 2 rings (SSSR count). The van der Waals surface area contributed by atoms with Crippen LogP contribution < -0.4 is 5.73 Å². The maximum atomic E-state index is 12.2. The standard InChI is InChI=1S/C13H22N2O3/c1-9-7-15(8-10(9)12(17)18)11(16)6-13(14)4-2-3-5-13/h9-10H,2-8,14H2,1H3,(H,17,18). The summed E-state index contributed by atoms with van der Waals surface area (Å²) in [6, 6.07) is 0. The highest BCUT2D eigenvalue weighted by molar-refractivity contribution is 5.80. The van der Waals surface area contributed by atoms with Crippen LogP contribution in [0.25, 0.3) is 0 Å². The molecule has 3 N–H and O–H groups in total. The molecule has 1 aliphatic carbocycles. The third kappa shape index (κ3) is 2.66. The van der Waals surface area contributed by atoms with Crippen molar-refractivity contribution in [2.24, 2.45) is 17.6 Å². The number of amides is 1. The van der Waals surface area contributed by atoms with Crippen LogP contribution in [0.15, 0.2) is 0 Å². The molecule has 1 heterocycles. The molecular weight excluding hydrogens is 232 g/mol. The Kier molecular flexibility index (Phi) is 3.61. The van der Waals surface area contributed by atoms with Crippen molar-refractivity contribution in [3.8, 4) is 0 Å². The molecule has 0 spiro atoms. The van der Waals surface area contributed by atoms with Crippen LogP contribution in [0.4, 0.5) is 0 Å².